The van der Waals surface area contributed by atoms with E-state index in [2.05, 4.69) is 81.0 Å². The van der Waals surface area contributed by atoms with Gasteiger partial charge in [0.2, 0.25) is 0 Å². The van der Waals surface area contributed by atoms with Crippen molar-refractivity contribution in [2.75, 3.05) is 5.01 Å². The van der Waals surface area contributed by atoms with E-state index < -0.39 is 0 Å². The first-order chi connectivity index (χ1) is 12.9. The summed E-state index contributed by atoms with van der Waals surface area (Å²) >= 11 is 0. The lowest BCUT2D eigenvalue weighted by Crippen LogP contribution is -2.37. The van der Waals surface area contributed by atoms with E-state index in [0.29, 0.717) is 0 Å². The van der Waals surface area contributed by atoms with E-state index in [9.17, 15) is 0 Å². The average molecular weight is 341 g/mol. The molecule has 0 bridgehead atoms. The van der Waals surface area contributed by atoms with Gasteiger partial charge in [-0.05, 0) is 43.3 Å². The van der Waals surface area contributed by atoms with Crippen molar-refractivity contribution in [3.8, 4) is 0 Å². The zero-order chi connectivity index (χ0) is 17.5. The Morgan fingerprint density at radius 1 is 0.962 bits per heavy atom. The molecule has 128 valence electrons. The monoisotopic (exact) mass is 341 g/mol. The van der Waals surface area contributed by atoms with Gasteiger partial charge in [0, 0.05) is 52.5 Å². The lowest BCUT2D eigenvalue weighted by molar-refractivity contribution is 0.684. The fourth-order valence-corrected chi connectivity index (χ4v) is 3.74. The van der Waals surface area contributed by atoms with Gasteiger partial charge in [-0.3, -0.25) is 9.99 Å². The molecule has 0 unspecified atom stereocenters. The smallest absolute Gasteiger partial charge is 0.0855 e. The predicted octanol–water partition coefficient (Wildman–Crippen LogP) is 4.04. The summed E-state index contributed by atoms with van der Waals surface area (Å²) in [6.45, 7) is 3.14. The van der Waals surface area contributed by atoms with Crippen molar-refractivity contribution in [3.63, 3.8) is 0 Å². The minimum absolute atomic E-state index is 0.952. The molecule has 26 heavy (non-hydrogen) atoms. The summed E-state index contributed by atoms with van der Waals surface area (Å²) in [5, 5.41) is 4.60. The zero-order valence-electron chi connectivity index (χ0n) is 14.5. The molecule has 0 atom stereocenters. The first-order valence-electron chi connectivity index (χ1n) is 8.79. The second kappa shape index (κ2) is 5.89. The lowest BCUT2D eigenvalue weighted by Gasteiger charge is -2.21. The molecular weight excluding hydrogens is 322 g/mol. The molecule has 0 spiro atoms. The van der Waals surface area contributed by atoms with Crippen LogP contribution in [0.5, 0.6) is 0 Å². The number of hydrazine groups is 2. The highest BCUT2D eigenvalue weighted by Gasteiger charge is 2.20. The van der Waals surface area contributed by atoms with Crippen LogP contribution in [-0.4, -0.2) is 9.55 Å². The van der Waals surface area contributed by atoms with E-state index in [-0.39, 0.29) is 0 Å². The molecule has 1 aliphatic heterocycles. The SMILES string of the molecule is CCn1c2ccccc2c2cc(N3NNC=C3c3cccnc3)ccc21. The Balaban J connectivity index is 1.66. The fourth-order valence-electron chi connectivity index (χ4n) is 3.74. The summed E-state index contributed by atoms with van der Waals surface area (Å²) in [7, 11) is 0. The third kappa shape index (κ3) is 2.18. The summed E-state index contributed by atoms with van der Waals surface area (Å²) in [5.74, 6) is 0. The summed E-state index contributed by atoms with van der Waals surface area (Å²) in [6.07, 6.45) is 5.61. The first kappa shape index (κ1) is 15.0. The molecule has 3 heterocycles. The molecule has 5 rings (SSSR count). The van der Waals surface area contributed by atoms with Crippen molar-refractivity contribution in [3.05, 3.63) is 78.8 Å². The number of hydrogen-bond donors (Lipinski definition) is 2. The molecule has 0 saturated heterocycles. The number of aryl methyl sites for hydroxylation is 1. The number of anilines is 1. The van der Waals surface area contributed by atoms with Crippen LogP contribution in [0.3, 0.4) is 0 Å². The Labute approximate surface area is 151 Å². The van der Waals surface area contributed by atoms with Gasteiger partial charge in [-0.25, -0.2) is 0 Å². The number of hydrogen-bond acceptors (Lipinski definition) is 4. The normalized spacial score (nSPS) is 14.0. The quantitative estimate of drug-likeness (QED) is 0.590. The number of benzene rings is 2. The maximum absolute atomic E-state index is 4.24. The molecule has 0 saturated carbocycles. The molecule has 2 N–H and O–H groups in total. The van der Waals surface area contributed by atoms with Gasteiger partial charge in [0.15, 0.2) is 0 Å². The molecule has 1 aliphatic rings. The molecule has 2 aromatic heterocycles. The van der Waals surface area contributed by atoms with E-state index in [0.717, 1.165) is 23.5 Å². The van der Waals surface area contributed by atoms with Crippen LogP contribution in [0.2, 0.25) is 0 Å². The zero-order valence-corrected chi connectivity index (χ0v) is 14.5. The third-order valence-corrected chi connectivity index (χ3v) is 4.91. The molecule has 5 heteroatoms. The standard InChI is InChI=1S/C21H19N5/c1-2-25-19-8-4-3-7-17(19)18-12-16(9-10-20(18)25)26-21(14-23-24-26)15-6-5-11-22-13-15/h3-14,23-24H,2H2,1H3. The van der Waals surface area contributed by atoms with Crippen LogP contribution in [0.4, 0.5) is 5.69 Å². The van der Waals surface area contributed by atoms with Gasteiger partial charge in [-0.15, -0.1) is 5.53 Å². The fraction of sp³-hybridized carbons (Fsp3) is 0.0952. The average Bonchev–Trinajstić information content (AvgIpc) is 3.31. The van der Waals surface area contributed by atoms with Crippen LogP contribution in [0, 0.1) is 0 Å². The van der Waals surface area contributed by atoms with E-state index >= 15 is 0 Å². The van der Waals surface area contributed by atoms with Crippen LogP contribution >= 0.6 is 0 Å². The lowest BCUT2D eigenvalue weighted by atomic mass is 10.1. The summed E-state index contributed by atoms with van der Waals surface area (Å²) in [4.78, 5) is 4.24. The maximum atomic E-state index is 4.24. The van der Waals surface area contributed by atoms with E-state index in [1.165, 1.54) is 21.8 Å². The van der Waals surface area contributed by atoms with Crippen LogP contribution in [0.1, 0.15) is 12.5 Å². The highest BCUT2D eigenvalue weighted by Crippen LogP contribution is 2.34. The number of rotatable bonds is 3. The molecule has 5 nitrogen and oxygen atoms in total. The molecule has 0 aliphatic carbocycles. The van der Waals surface area contributed by atoms with Gasteiger partial charge in [-0.2, -0.15) is 0 Å². The summed E-state index contributed by atoms with van der Waals surface area (Å²) in [6, 6.07) is 19.2. The Morgan fingerprint density at radius 3 is 2.69 bits per heavy atom. The minimum atomic E-state index is 0.952. The highest BCUT2D eigenvalue weighted by molar-refractivity contribution is 6.09. The predicted molar refractivity (Wildman–Crippen MR) is 106 cm³/mol. The van der Waals surface area contributed by atoms with Gasteiger partial charge in [-0.1, -0.05) is 18.2 Å². The summed E-state index contributed by atoms with van der Waals surface area (Å²) < 4.78 is 2.36. The molecule has 4 aromatic rings. The van der Waals surface area contributed by atoms with Crippen molar-refractivity contribution >= 4 is 33.2 Å². The van der Waals surface area contributed by atoms with Crippen LogP contribution in [-0.2, 0) is 6.54 Å². The topological polar surface area (TPSA) is 45.1 Å². The Morgan fingerprint density at radius 2 is 1.85 bits per heavy atom. The second-order valence-electron chi connectivity index (χ2n) is 6.33. The maximum Gasteiger partial charge on any atom is 0.0855 e. The van der Waals surface area contributed by atoms with Crippen molar-refractivity contribution < 1.29 is 0 Å². The number of fused-ring (bicyclic) bond motifs is 3. The number of pyridine rings is 1. The van der Waals surface area contributed by atoms with Crippen LogP contribution < -0.4 is 16.0 Å². The van der Waals surface area contributed by atoms with E-state index in [1.807, 2.05) is 18.5 Å². The van der Waals surface area contributed by atoms with Crippen LogP contribution in [0.15, 0.2) is 73.2 Å². The Kier molecular flexibility index (Phi) is 3.40. The number of nitrogens with one attached hydrogen (secondary N) is 2. The number of aromatic nitrogens is 2. The summed E-state index contributed by atoms with van der Waals surface area (Å²) in [5.41, 5.74) is 12.0. The molecule has 0 radical (unpaired) electrons. The van der Waals surface area contributed by atoms with Crippen LogP contribution in [0.25, 0.3) is 27.5 Å². The molecule has 2 aromatic carbocycles. The number of nitrogens with zero attached hydrogens (tertiary/aromatic N) is 3. The largest absolute Gasteiger partial charge is 0.341 e. The Hall–Kier alpha value is -3.31. The Bertz CT molecular complexity index is 1130. The number of para-hydroxylation sites is 1. The van der Waals surface area contributed by atoms with Crippen molar-refractivity contribution in [1.82, 2.24) is 20.5 Å². The van der Waals surface area contributed by atoms with Gasteiger partial charge in [0.1, 0.15) is 0 Å². The molecule has 0 amide bonds. The third-order valence-electron chi connectivity index (χ3n) is 4.91. The van der Waals surface area contributed by atoms with Gasteiger partial charge >= 0.3 is 0 Å². The molecule has 0 fully saturated rings. The van der Waals surface area contributed by atoms with Gasteiger partial charge < -0.3 is 9.99 Å². The van der Waals surface area contributed by atoms with Gasteiger partial charge in [0.05, 0.1) is 11.4 Å². The van der Waals surface area contributed by atoms with E-state index in [1.54, 1.807) is 6.20 Å². The van der Waals surface area contributed by atoms with Crippen molar-refractivity contribution in [2.45, 2.75) is 13.5 Å². The van der Waals surface area contributed by atoms with E-state index in [4.69, 9.17) is 0 Å². The minimum Gasteiger partial charge on any atom is -0.341 e. The highest BCUT2D eigenvalue weighted by atomic mass is 15.7. The molecular formula is C21H19N5. The second-order valence-corrected chi connectivity index (χ2v) is 6.33. The van der Waals surface area contributed by atoms with Crippen molar-refractivity contribution in [1.29, 1.82) is 0 Å². The first-order valence-corrected chi connectivity index (χ1v) is 8.79. The van der Waals surface area contributed by atoms with Crippen molar-refractivity contribution in [2.24, 2.45) is 0 Å². The van der Waals surface area contributed by atoms with Gasteiger partial charge in [0.25, 0.3) is 0 Å².